The molecule has 0 spiro atoms. The molecule has 3 aromatic rings. The molecule has 0 atom stereocenters. The van der Waals surface area contributed by atoms with E-state index in [2.05, 4.69) is 25.5 Å². The van der Waals surface area contributed by atoms with Gasteiger partial charge in [0.15, 0.2) is 11.6 Å². The maximum absolute atomic E-state index is 11.3. The van der Waals surface area contributed by atoms with E-state index in [0.29, 0.717) is 28.9 Å². The molecular formula is C16H24N6O2S. The molecule has 1 saturated carbocycles. The second-order valence-electron chi connectivity index (χ2n) is 5.94. The average molecular weight is 364 g/mol. The van der Waals surface area contributed by atoms with Crippen LogP contribution in [0.25, 0.3) is 11.4 Å². The van der Waals surface area contributed by atoms with Gasteiger partial charge >= 0.3 is 0 Å². The molecule has 1 aromatic carbocycles. The smallest absolute Gasteiger partial charge is 0.238 e. The predicted octanol–water partition coefficient (Wildman–Crippen LogP) is 3.12. The minimum Gasteiger partial charge on any atom is -0.323 e. The Kier molecular flexibility index (Phi) is 3.74. The van der Waals surface area contributed by atoms with E-state index in [4.69, 9.17) is 5.14 Å². The van der Waals surface area contributed by atoms with Crippen LogP contribution in [0.4, 0.5) is 11.6 Å². The standard InChI is InChI=1S/C16H16N6O2S.4H2/c17-25(23,24)12-5-3-11(4-6-12)16-18-8-7-14(20-16)19-15-9-13(21-22-15)10-1-2-10;;;;/h3-10H,1-2H2,(H2,17,23,24)(H2,18,19,20,21,22);4*1H. The van der Waals surface area contributed by atoms with Crippen LogP contribution in [0.15, 0.2) is 47.5 Å². The van der Waals surface area contributed by atoms with Crippen molar-refractivity contribution in [2.75, 3.05) is 5.32 Å². The van der Waals surface area contributed by atoms with Crippen LogP contribution in [0, 0.1) is 0 Å². The zero-order chi connectivity index (χ0) is 17.4. The highest BCUT2D eigenvalue weighted by molar-refractivity contribution is 7.89. The maximum atomic E-state index is 11.3. The van der Waals surface area contributed by atoms with Crippen LogP contribution in [0.2, 0.25) is 0 Å². The van der Waals surface area contributed by atoms with Crippen molar-refractivity contribution >= 4 is 21.7 Å². The lowest BCUT2D eigenvalue weighted by Crippen LogP contribution is -2.11. The lowest BCUT2D eigenvalue weighted by Gasteiger charge is -2.05. The maximum Gasteiger partial charge on any atom is 0.238 e. The monoisotopic (exact) mass is 364 g/mol. The van der Waals surface area contributed by atoms with Crippen molar-refractivity contribution in [1.82, 2.24) is 20.2 Å². The summed E-state index contributed by atoms with van der Waals surface area (Å²) >= 11 is 0. The molecule has 4 rings (SSSR count). The molecule has 0 aliphatic heterocycles. The summed E-state index contributed by atoms with van der Waals surface area (Å²) in [6.07, 6.45) is 4.04. The summed E-state index contributed by atoms with van der Waals surface area (Å²) in [5.74, 6) is 2.38. The van der Waals surface area contributed by atoms with Gasteiger partial charge < -0.3 is 5.32 Å². The number of nitrogens with one attached hydrogen (secondary N) is 2. The first kappa shape index (κ1) is 15.7. The summed E-state index contributed by atoms with van der Waals surface area (Å²) in [7, 11) is -3.72. The fourth-order valence-electron chi connectivity index (χ4n) is 2.50. The topological polar surface area (TPSA) is 127 Å². The number of aromatic nitrogens is 4. The molecule has 1 aliphatic carbocycles. The number of nitrogens with two attached hydrogens (primary N) is 1. The van der Waals surface area contributed by atoms with Crippen molar-refractivity contribution in [2.24, 2.45) is 5.14 Å². The third kappa shape index (κ3) is 3.52. The molecule has 25 heavy (non-hydrogen) atoms. The Hall–Kier alpha value is -2.78. The second-order valence-corrected chi connectivity index (χ2v) is 7.50. The molecule has 0 unspecified atom stereocenters. The number of sulfonamides is 1. The minimum absolute atomic E-state index is 0. The lowest BCUT2D eigenvalue weighted by molar-refractivity contribution is 0.598. The van der Waals surface area contributed by atoms with Crippen molar-refractivity contribution in [1.29, 1.82) is 0 Å². The van der Waals surface area contributed by atoms with Gasteiger partial charge in [-0.1, -0.05) is 0 Å². The van der Waals surface area contributed by atoms with Gasteiger partial charge in [0.2, 0.25) is 10.0 Å². The Bertz CT molecular complexity index is 1030. The summed E-state index contributed by atoms with van der Waals surface area (Å²) in [5, 5.41) is 15.5. The van der Waals surface area contributed by atoms with Crippen molar-refractivity contribution in [3.8, 4) is 11.4 Å². The first-order valence-corrected chi connectivity index (χ1v) is 9.32. The van der Waals surface area contributed by atoms with Gasteiger partial charge in [0.1, 0.15) is 5.82 Å². The zero-order valence-corrected chi connectivity index (χ0v) is 14.0. The number of hydrogen-bond acceptors (Lipinski definition) is 6. The van der Waals surface area contributed by atoms with Gasteiger partial charge in [-0.2, -0.15) is 5.10 Å². The fourth-order valence-corrected chi connectivity index (χ4v) is 3.01. The molecule has 1 fully saturated rings. The number of rotatable bonds is 5. The largest absolute Gasteiger partial charge is 0.323 e. The highest BCUT2D eigenvalue weighted by Gasteiger charge is 2.25. The summed E-state index contributed by atoms with van der Waals surface area (Å²) < 4.78 is 22.6. The van der Waals surface area contributed by atoms with E-state index in [1.165, 1.54) is 25.0 Å². The molecule has 136 valence electrons. The van der Waals surface area contributed by atoms with E-state index < -0.39 is 10.0 Å². The first-order chi connectivity index (χ1) is 12.0. The predicted molar refractivity (Wildman–Crippen MR) is 101 cm³/mol. The van der Waals surface area contributed by atoms with Gasteiger partial charge in [-0.05, 0) is 43.2 Å². The molecule has 0 saturated heterocycles. The number of nitrogens with zero attached hydrogens (tertiary/aromatic N) is 3. The fraction of sp³-hybridized carbons (Fsp3) is 0.188. The van der Waals surface area contributed by atoms with Gasteiger partial charge in [-0.25, -0.2) is 23.5 Å². The SMILES string of the molecule is NS(=O)(=O)c1ccc(-c2nccc(Nc3cc(C4CC4)[nH]n3)n2)cc1.[HH].[HH].[HH].[HH]. The minimum atomic E-state index is -3.72. The third-order valence-electron chi connectivity index (χ3n) is 3.97. The second kappa shape index (κ2) is 5.94. The summed E-state index contributed by atoms with van der Waals surface area (Å²) in [5.41, 5.74) is 1.83. The van der Waals surface area contributed by atoms with Crippen LogP contribution in [0.1, 0.15) is 30.2 Å². The number of hydrogen-bond donors (Lipinski definition) is 3. The van der Waals surface area contributed by atoms with E-state index in [9.17, 15) is 8.42 Å². The normalized spacial score (nSPS) is 14.4. The van der Waals surface area contributed by atoms with E-state index in [1.54, 1.807) is 24.4 Å². The van der Waals surface area contributed by atoms with Crippen molar-refractivity contribution in [3.63, 3.8) is 0 Å². The van der Waals surface area contributed by atoms with Gasteiger partial charge in [0.05, 0.1) is 4.90 Å². The molecule has 0 bridgehead atoms. The number of H-pyrrole nitrogens is 1. The Morgan fingerprint density at radius 2 is 1.92 bits per heavy atom. The van der Waals surface area contributed by atoms with E-state index in [0.717, 1.165) is 5.69 Å². The molecule has 8 nitrogen and oxygen atoms in total. The molecule has 0 radical (unpaired) electrons. The lowest BCUT2D eigenvalue weighted by atomic mass is 10.2. The quantitative estimate of drug-likeness (QED) is 0.638. The molecule has 0 amide bonds. The molecular weight excluding hydrogens is 340 g/mol. The van der Waals surface area contributed by atoms with Crippen LogP contribution in [0.5, 0.6) is 0 Å². The van der Waals surface area contributed by atoms with Crippen LogP contribution in [0.3, 0.4) is 0 Å². The number of aromatic amines is 1. The third-order valence-corrected chi connectivity index (χ3v) is 4.90. The number of primary sulfonamides is 1. The molecule has 9 heteroatoms. The van der Waals surface area contributed by atoms with Crippen LogP contribution < -0.4 is 10.5 Å². The number of anilines is 2. The van der Waals surface area contributed by atoms with Gasteiger partial charge in [0, 0.05) is 35.1 Å². The first-order valence-electron chi connectivity index (χ1n) is 7.78. The Balaban J connectivity index is 0.00000196. The van der Waals surface area contributed by atoms with Gasteiger partial charge in [-0.3, -0.25) is 5.10 Å². The highest BCUT2D eigenvalue weighted by atomic mass is 32.2. The van der Waals surface area contributed by atoms with E-state index in [1.807, 2.05) is 6.07 Å². The molecule has 1 aliphatic rings. The van der Waals surface area contributed by atoms with E-state index in [-0.39, 0.29) is 10.6 Å². The van der Waals surface area contributed by atoms with Gasteiger partial charge in [0.25, 0.3) is 0 Å². The van der Waals surface area contributed by atoms with Gasteiger partial charge in [-0.15, -0.1) is 0 Å². The molecule has 2 heterocycles. The van der Waals surface area contributed by atoms with Crippen molar-refractivity contribution in [2.45, 2.75) is 23.7 Å². The van der Waals surface area contributed by atoms with E-state index >= 15 is 0 Å². The Morgan fingerprint density at radius 1 is 1.16 bits per heavy atom. The zero-order valence-electron chi connectivity index (χ0n) is 13.2. The van der Waals surface area contributed by atoms with Crippen LogP contribution in [-0.4, -0.2) is 28.6 Å². The average Bonchev–Trinajstić information content (AvgIpc) is 3.35. The van der Waals surface area contributed by atoms with Crippen molar-refractivity contribution in [3.05, 3.63) is 48.3 Å². The Labute approximate surface area is 150 Å². The number of benzene rings is 1. The Morgan fingerprint density at radius 3 is 2.60 bits per heavy atom. The van der Waals surface area contributed by atoms with Crippen LogP contribution >= 0.6 is 0 Å². The highest BCUT2D eigenvalue weighted by Crippen LogP contribution is 2.39. The van der Waals surface area contributed by atoms with Crippen molar-refractivity contribution < 1.29 is 14.1 Å². The molecule has 2 aromatic heterocycles. The van der Waals surface area contributed by atoms with Crippen LogP contribution in [-0.2, 0) is 10.0 Å². The summed E-state index contributed by atoms with van der Waals surface area (Å²) in [4.78, 5) is 8.72. The summed E-state index contributed by atoms with van der Waals surface area (Å²) in [6, 6.07) is 9.85. The summed E-state index contributed by atoms with van der Waals surface area (Å²) in [6.45, 7) is 0. The molecule has 4 N–H and O–H groups in total.